The van der Waals surface area contributed by atoms with Crippen LogP contribution in [0.1, 0.15) is 37.6 Å². The number of rotatable bonds is 5. The molecule has 0 aliphatic carbocycles. The third kappa shape index (κ3) is 3.66. The fourth-order valence-electron chi connectivity index (χ4n) is 1.36. The fraction of sp³-hybridized carbons (Fsp3) is 0.462. The molecule has 17 heavy (non-hydrogen) atoms. The van der Waals surface area contributed by atoms with Crippen LogP contribution in [-0.2, 0) is 0 Å². The monoisotopic (exact) mass is 236 g/mol. The van der Waals surface area contributed by atoms with E-state index < -0.39 is 0 Å². The van der Waals surface area contributed by atoms with Crippen molar-refractivity contribution in [3.63, 3.8) is 0 Å². The number of hydrogen-bond acceptors (Lipinski definition) is 3. The zero-order valence-corrected chi connectivity index (χ0v) is 10.6. The summed E-state index contributed by atoms with van der Waals surface area (Å²) < 4.78 is 5.63. The van der Waals surface area contributed by atoms with Crippen molar-refractivity contribution in [2.24, 2.45) is 0 Å². The van der Waals surface area contributed by atoms with E-state index in [9.17, 15) is 4.79 Å². The Morgan fingerprint density at radius 1 is 1.47 bits per heavy atom. The first-order valence-electron chi connectivity index (χ1n) is 5.92. The van der Waals surface area contributed by atoms with Gasteiger partial charge in [0.25, 0.3) is 5.91 Å². The summed E-state index contributed by atoms with van der Waals surface area (Å²) in [6, 6.07) is 5.11. The first-order chi connectivity index (χ1) is 8.08. The van der Waals surface area contributed by atoms with Crippen LogP contribution in [0.25, 0.3) is 0 Å². The lowest BCUT2D eigenvalue weighted by Crippen LogP contribution is -2.22. The highest BCUT2D eigenvalue weighted by Crippen LogP contribution is 2.24. The Morgan fingerprint density at radius 3 is 2.71 bits per heavy atom. The Hall–Kier alpha value is -1.71. The number of amides is 1. The van der Waals surface area contributed by atoms with E-state index in [0.717, 1.165) is 6.42 Å². The summed E-state index contributed by atoms with van der Waals surface area (Å²) in [5.41, 5.74) is 6.90. The van der Waals surface area contributed by atoms with Crippen molar-refractivity contribution in [1.82, 2.24) is 5.32 Å². The number of carbonyl (C=O) groups excluding carboxylic acids is 1. The number of nitrogens with one attached hydrogen (secondary N) is 1. The molecule has 0 bridgehead atoms. The molecule has 4 nitrogen and oxygen atoms in total. The second kappa shape index (κ2) is 6.13. The minimum Gasteiger partial charge on any atom is -0.489 e. The molecule has 3 N–H and O–H groups in total. The topological polar surface area (TPSA) is 64.3 Å². The van der Waals surface area contributed by atoms with Crippen LogP contribution < -0.4 is 15.8 Å². The van der Waals surface area contributed by atoms with Gasteiger partial charge in [0.2, 0.25) is 0 Å². The van der Waals surface area contributed by atoms with E-state index in [1.165, 1.54) is 0 Å². The van der Waals surface area contributed by atoms with Gasteiger partial charge in [-0.2, -0.15) is 0 Å². The van der Waals surface area contributed by atoms with Gasteiger partial charge in [-0.1, -0.05) is 6.92 Å². The molecule has 0 saturated carbocycles. The van der Waals surface area contributed by atoms with Gasteiger partial charge in [-0.25, -0.2) is 0 Å². The van der Waals surface area contributed by atoms with Gasteiger partial charge in [0.05, 0.1) is 11.8 Å². The lowest BCUT2D eigenvalue weighted by atomic mass is 10.1. The molecule has 1 aromatic rings. The number of ether oxygens (including phenoxy) is 1. The molecule has 0 heterocycles. The number of hydrogen-bond donors (Lipinski definition) is 2. The summed E-state index contributed by atoms with van der Waals surface area (Å²) in [6.45, 7) is 6.51. The quantitative estimate of drug-likeness (QED) is 0.770. The average molecular weight is 236 g/mol. The predicted octanol–water partition coefficient (Wildman–Crippen LogP) is 2.20. The van der Waals surface area contributed by atoms with Crippen molar-refractivity contribution in [2.75, 3.05) is 12.3 Å². The molecule has 94 valence electrons. The molecule has 0 aliphatic rings. The van der Waals surface area contributed by atoms with Gasteiger partial charge in [-0.3, -0.25) is 4.79 Å². The van der Waals surface area contributed by atoms with E-state index in [-0.39, 0.29) is 12.0 Å². The number of nitrogen functional groups attached to an aromatic ring is 1. The minimum atomic E-state index is -0.116. The molecule has 1 unspecified atom stereocenters. The fourth-order valence-corrected chi connectivity index (χ4v) is 1.36. The van der Waals surface area contributed by atoms with Crippen molar-refractivity contribution in [3.05, 3.63) is 23.8 Å². The van der Waals surface area contributed by atoms with Crippen molar-refractivity contribution in [1.29, 1.82) is 0 Å². The van der Waals surface area contributed by atoms with Gasteiger partial charge >= 0.3 is 0 Å². The van der Waals surface area contributed by atoms with Gasteiger partial charge < -0.3 is 15.8 Å². The molecule has 4 heteroatoms. The minimum absolute atomic E-state index is 0.116. The van der Waals surface area contributed by atoms with Crippen LogP contribution in [-0.4, -0.2) is 18.6 Å². The van der Waals surface area contributed by atoms with E-state index in [1.54, 1.807) is 18.2 Å². The number of carbonyl (C=O) groups is 1. The zero-order chi connectivity index (χ0) is 12.8. The molecule has 1 rings (SSSR count). The Kier molecular flexibility index (Phi) is 4.82. The van der Waals surface area contributed by atoms with Crippen molar-refractivity contribution < 1.29 is 9.53 Å². The molecule has 0 spiro atoms. The van der Waals surface area contributed by atoms with Crippen LogP contribution in [0.15, 0.2) is 18.2 Å². The third-order valence-electron chi connectivity index (χ3n) is 2.51. The third-order valence-corrected chi connectivity index (χ3v) is 2.51. The summed E-state index contributed by atoms with van der Waals surface area (Å²) in [4.78, 5) is 11.6. The van der Waals surface area contributed by atoms with E-state index in [2.05, 4.69) is 5.32 Å². The highest BCUT2D eigenvalue weighted by atomic mass is 16.5. The van der Waals surface area contributed by atoms with Crippen LogP contribution in [0.5, 0.6) is 5.75 Å². The number of nitrogens with two attached hydrogens (primary N) is 1. The molecule has 1 atom stereocenters. The zero-order valence-electron chi connectivity index (χ0n) is 10.6. The van der Waals surface area contributed by atoms with E-state index in [4.69, 9.17) is 10.5 Å². The molecule has 0 radical (unpaired) electrons. The highest BCUT2D eigenvalue weighted by Gasteiger charge is 2.09. The summed E-state index contributed by atoms with van der Waals surface area (Å²) in [5.74, 6) is 0.515. The number of benzene rings is 1. The summed E-state index contributed by atoms with van der Waals surface area (Å²) >= 11 is 0. The molecule has 0 aromatic heterocycles. The van der Waals surface area contributed by atoms with Crippen LogP contribution >= 0.6 is 0 Å². The molecule has 0 saturated heterocycles. The van der Waals surface area contributed by atoms with Crippen LogP contribution in [0.3, 0.4) is 0 Å². The molecule has 1 amide bonds. The number of anilines is 1. The van der Waals surface area contributed by atoms with E-state index in [0.29, 0.717) is 23.5 Å². The van der Waals surface area contributed by atoms with Crippen molar-refractivity contribution in [3.8, 4) is 5.75 Å². The van der Waals surface area contributed by atoms with Crippen molar-refractivity contribution in [2.45, 2.75) is 33.3 Å². The maximum absolute atomic E-state index is 11.6. The van der Waals surface area contributed by atoms with Crippen LogP contribution in [0.4, 0.5) is 5.69 Å². The molecule has 1 aromatic carbocycles. The lowest BCUT2D eigenvalue weighted by Gasteiger charge is -2.15. The molecular formula is C13H20N2O2. The van der Waals surface area contributed by atoms with Crippen LogP contribution in [0.2, 0.25) is 0 Å². The van der Waals surface area contributed by atoms with Crippen molar-refractivity contribution >= 4 is 11.6 Å². The second-order valence-corrected chi connectivity index (χ2v) is 3.95. The second-order valence-electron chi connectivity index (χ2n) is 3.95. The normalized spacial score (nSPS) is 11.9. The predicted molar refractivity (Wildman–Crippen MR) is 69.2 cm³/mol. The first kappa shape index (κ1) is 13.4. The Morgan fingerprint density at radius 2 is 2.18 bits per heavy atom. The Balaban J connectivity index is 2.82. The van der Waals surface area contributed by atoms with Gasteiger partial charge in [0, 0.05) is 12.1 Å². The van der Waals surface area contributed by atoms with Gasteiger partial charge in [0.15, 0.2) is 0 Å². The average Bonchev–Trinajstić information content (AvgIpc) is 2.31. The summed E-state index contributed by atoms with van der Waals surface area (Å²) in [7, 11) is 0. The Bertz CT molecular complexity index is 391. The van der Waals surface area contributed by atoms with Gasteiger partial charge in [0.1, 0.15) is 5.75 Å². The lowest BCUT2D eigenvalue weighted by molar-refractivity contribution is 0.0956. The molecule has 0 aliphatic heterocycles. The van der Waals surface area contributed by atoms with E-state index >= 15 is 0 Å². The smallest absolute Gasteiger partial charge is 0.251 e. The maximum atomic E-state index is 11.6. The summed E-state index contributed by atoms with van der Waals surface area (Å²) in [5, 5.41) is 2.73. The molecule has 0 fully saturated rings. The van der Waals surface area contributed by atoms with E-state index in [1.807, 2.05) is 20.8 Å². The Labute approximate surface area is 102 Å². The van der Waals surface area contributed by atoms with Crippen LogP contribution in [0, 0.1) is 0 Å². The standard InChI is InChI=1S/C13H20N2O2/c1-4-9(3)17-12-7-6-10(8-11(12)14)13(16)15-5-2/h6-9H,4-5,14H2,1-3H3,(H,15,16). The van der Waals surface area contributed by atoms with Gasteiger partial charge in [-0.05, 0) is 38.5 Å². The largest absolute Gasteiger partial charge is 0.489 e. The van der Waals surface area contributed by atoms with Gasteiger partial charge in [-0.15, -0.1) is 0 Å². The highest BCUT2D eigenvalue weighted by molar-refractivity contribution is 5.95. The maximum Gasteiger partial charge on any atom is 0.251 e. The first-order valence-corrected chi connectivity index (χ1v) is 5.92. The SMILES string of the molecule is CCNC(=O)c1ccc(OC(C)CC)c(N)c1. The molecular weight excluding hydrogens is 216 g/mol. The summed E-state index contributed by atoms with van der Waals surface area (Å²) in [6.07, 6.45) is 1.03.